The maximum Gasteiger partial charge on any atom is 0.296 e. The van der Waals surface area contributed by atoms with Gasteiger partial charge in [-0.2, -0.15) is 4.68 Å². The van der Waals surface area contributed by atoms with Crippen molar-refractivity contribution in [1.82, 2.24) is 29.3 Å². The highest BCUT2D eigenvalue weighted by molar-refractivity contribution is 5.44. The van der Waals surface area contributed by atoms with Crippen molar-refractivity contribution in [3.63, 3.8) is 0 Å². The third-order valence-corrected chi connectivity index (χ3v) is 4.63. The number of rotatable bonds is 3. The summed E-state index contributed by atoms with van der Waals surface area (Å²) in [6, 6.07) is 1.86. The molecule has 0 radical (unpaired) electrons. The van der Waals surface area contributed by atoms with Crippen molar-refractivity contribution in [2.45, 2.75) is 26.7 Å². The molecule has 0 aliphatic carbocycles. The number of aromatic nitrogens is 6. The second-order valence-electron chi connectivity index (χ2n) is 7.19. The van der Waals surface area contributed by atoms with Crippen LogP contribution in [0.15, 0.2) is 42.1 Å². The van der Waals surface area contributed by atoms with Crippen molar-refractivity contribution >= 4 is 5.82 Å². The van der Waals surface area contributed by atoms with Gasteiger partial charge in [-0.25, -0.2) is 15.0 Å². The molecule has 1 fully saturated rings. The van der Waals surface area contributed by atoms with E-state index in [4.69, 9.17) is 0 Å². The van der Waals surface area contributed by atoms with Gasteiger partial charge in [0.1, 0.15) is 17.8 Å². The van der Waals surface area contributed by atoms with Crippen LogP contribution in [0.2, 0.25) is 0 Å². The minimum absolute atomic E-state index is 0.179. The van der Waals surface area contributed by atoms with E-state index in [-0.39, 0.29) is 11.0 Å². The molecule has 4 rings (SSSR count). The normalized spacial score (nSPS) is 17.0. The van der Waals surface area contributed by atoms with Crippen LogP contribution in [-0.4, -0.2) is 42.4 Å². The highest BCUT2D eigenvalue weighted by Crippen LogP contribution is 2.30. The van der Waals surface area contributed by atoms with E-state index in [9.17, 15) is 4.79 Å². The van der Waals surface area contributed by atoms with Gasteiger partial charge in [0.2, 0.25) is 0 Å². The predicted molar refractivity (Wildman–Crippen MR) is 94.3 cm³/mol. The van der Waals surface area contributed by atoms with E-state index in [1.54, 1.807) is 29.5 Å². The summed E-state index contributed by atoms with van der Waals surface area (Å²) in [5.74, 6) is 1.38. The van der Waals surface area contributed by atoms with E-state index in [0.717, 1.165) is 25.3 Å². The Kier molecular flexibility index (Phi) is 3.67. The van der Waals surface area contributed by atoms with E-state index in [2.05, 4.69) is 38.8 Å². The molecule has 8 heteroatoms. The molecule has 130 valence electrons. The predicted octanol–water partition coefficient (Wildman–Crippen LogP) is 1.77. The van der Waals surface area contributed by atoms with Gasteiger partial charge in [-0.05, 0) is 18.3 Å². The number of nitrogens with one attached hydrogen (secondary N) is 1. The van der Waals surface area contributed by atoms with Gasteiger partial charge in [0.15, 0.2) is 5.82 Å². The summed E-state index contributed by atoms with van der Waals surface area (Å²) in [5.41, 5.74) is 0.583. The quantitative estimate of drug-likeness (QED) is 0.786. The van der Waals surface area contributed by atoms with Crippen LogP contribution in [0.5, 0.6) is 0 Å². The standard InChI is InChI=1S/C17H21N7O/c1-17(2)4-3-6-22(10-17)14-8-15(20-11-19-14)24-16(25)13(9-21-24)23-7-5-18-12-23/h5,7-9,11-12,21H,3-4,6,10H2,1-2H3. The second kappa shape index (κ2) is 5.87. The largest absolute Gasteiger partial charge is 0.356 e. The fourth-order valence-corrected chi connectivity index (χ4v) is 3.37. The van der Waals surface area contributed by atoms with Gasteiger partial charge >= 0.3 is 0 Å². The molecule has 0 bridgehead atoms. The number of hydrogen-bond acceptors (Lipinski definition) is 5. The lowest BCUT2D eigenvalue weighted by molar-refractivity contribution is 0.292. The Bertz CT molecular complexity index is 923. The lowest BCUT2D eigenvalue weighted by Crippen LogP contribution is -2.40. The summed E-state index contributed by atoms with van der Waals surface area (Å²) in [5, 5.41) is 2.97. The third kappa shape index (κ3) is 2.95. The number of aromatic amines is 1. The first-order chi connectivity index (χ1) is 12.0. The van der Waals surface area contributed by atoms with Gasteiger partial charge in [-0.3, -0.25) is 14.5 Å². The molecule has 0 aromatic carbocycles. The smallest absolute Gasteiger partial charge is 0.296 e. The molecule has 0 saturated carbocycles. The molecule has 8 nitrogen and oxygen atoms in total. The van der Waals surface area contributed by atoms with Crippen molar-refractivity contribution in [2.24, 2.45) is 5.41 Å². The Hall–Kier alpha value is -2.90. The number of anilines is 1. The van der Waals surface area contributed by atoms with Crippen LogP contribution >= 0.6 is 0 Å². The molecule has 1 aliphatic rings. The SMILES string of the molecule is CC1(C)CCCN(c2cc(-n3[nH]cc(-n4ccnc4)c3=O)ncn2)C1. The zero-order valence-corrected chi connectivity index (χ0v) is 14.4. The molecule has 25 heavy (non-hydrogen) atoms. The molecule has 3 aromatic rings. The van der Waals surface area contributed by atoms with Gasteiger partial charge in [0.25, 0.3) is 5.56 Å². The van der Waals surface area contributed by atoms with E-state index in [1.807, 2.05) is 6.07 Å². The van der Waals surface area contributed by atoms with Crippen molar-refractivity contribution in [3.8, 4) is 11.5 Å². The Morgan fingerprint density at radius 3 is 2.84 bits per heavy atom. The highest BCUT2D eigenvalue weighted by atomic mass is 16.1. The van der Waals surface area contributed by atoms with Gasteiger partial charge in [0.05, 0.1) is 6.33 Å². The number of nitrogens with zero attached hydrogens (tertiary/aromatic N) is 6. The molecule has 4 heterocycles. The van der Waals surface area contributed by atoms with Crippen LogP contribution in [0.1, 0.15) is 26.7 Å². The van der Waals surface area contributed by atoms with Crippen LogP contribution in [-0.2, 0) is 0 Å². The van der Waals surface area contributed by atoms with Crippen LogP contribution in [0.4, 0.5) is 5.82 Å². The highest BCUT2D eigenvalue weighted by Gasteiger charge is 2.27. The van der Waals surface area contributed by atoms with Gasteiger partial charge in [-0.15, -0.1) is 0 Å². The average Bonchev–Trinajstić information content (AvgIpc) is 3.23. The van der Waals surface area contributed by atoms with Crippen molar-refractivity contribution in [2.75, 3.05) is 18.0 Å². The van der Waals surface area contributed by atoms with E-state index >= 15 is 0 Å². The summed E-state index contributed by atoms with van der Waals surface area (Å²) in [6.45, 7) is 6.46. The Labute approximate surface area is 145 Å². The maximum absolute atomic E-state index is 12.7. The van der Waals surface area contributed by atoms with Crippen LogP contribution < -0.4 is 10.5 Å². The van der Waals surface area contributed by atoms with E-state index in [0.29, 0.717) is 11.5 Å². The lowest BCUT2D eigenvalue weighted by atomic mass is 9.84. The third-order valence-electron chi connectivity index (χ3n) is 4.63. The van der Waals surface area contributed by atoms with Crippen LogP contribution in [0.3, 0.4) is 0 Å². The molecule has 0 amide bonds. The minimum Gasteiger partial charge on any atom is -0.356 e. The number of hydrogen-bond donors (Lipinski definition) is 1. The van der Waals surface area contributed by atoms with E-state index < -0.39 is 0 Å². The Balaban J connectivity index is 1.68. The fraction of sp³-hybridized carbons (Fsp3) is 0.412. The topological polar surface area (TPSA) is 84.6 Å². The molecular formula is C17H21N7O. The average molecular weight is 339 g/mol. The number of H-pyrrole nitrogens is 1. The maximum atomic E-state index is 12.7. The van der Waals surface area contributed by atoms with E-state index in [1.165, 1.54) is 17.4 Å². The number of piperidine rings is 1. The number of imidazole rings is 1. The molecule has 1 saturated heterocycles. The minimum atomic E-state index is -0.179. The van der Waals surface area contributed by atoms with Crippen LogP contribution in [0.25, 0.3) is 11.5 Å². The van der Waals surface area contributed by atoms with Crippen molar-refractivity contribution in [3.05, 3.63) is 47.7 Å². The van der Waals surface area contributed by atoms with Crippen molar-refractivity contribution < 1.29 is 0 Å². The van der Waals surface area contributed by atoms with Gasteiger partial charge in [0, 0.05) is 37.7 Å². The second-order valence-corrected chi connectivity index (χ2v) is 7.19. The summed E-state index contributed by atoms with van der Waals surface area (Å²) >= 11 is 0. The molecule has 1 aliphatic heterocycles. The molecular weight excluding hydrogens is 318 g/mol. The summed E-state index contributed by atoms with van der Waals surface area (Å²) in [6.07, 6.45) is 10.5. The Morgan fingerprint density at radius 1 is 1.24 bits per heavy atom. The lowest BCUT2D eigenvalue weighted by Gasteiger charge is -2.38. The molecule has 1 N–H and O–H groups in total. The fourth-order valence-electron chi connectivity index (χ4n) is 3.37. The monoisotopic (exact) mass is 339 g/mol. The zero-order chi connectivity index (χ0) is 17.4. The van der Waals surface area contributed by atoms with Gasteiger partial charge in [-0.1, -0.05) is 13.8 Å². The summed E-state index contributed by atoms with van der Waals surface area (Å²) < 4.78 is 3.10. The van der Waals surface area contributed by atoms with Crippen molar-refractivity contribution in [1.29, 1.82) is 0 Å². The molecule has 0 unspecified atom stereocenters. The molecule has 0 atom stereocenters. The summed E-state index contributed by atoms with van der Waals surface area (Å²) in [4.78, 5) is 27.6. The Morgan fingerprint density at radius 2 is 2.08 bits per heavy atom. The van der Waals surface area contributed by atoms with Crippen LogP contribution in [0, 0.1) is 5.41 Å². The van der Waals surface area contributed by atoms with Gasteiger partial charge < -0.3 is 4.90 Å². The molecule has 0 spiro atoms. The summed E-state index contributed by atoms with van der Waals surface area (Å²) in [7, 11) is 0. The first-order valence-electron chi connectivity index (χ1n) is 8.40. The first-order valence-corrected chi connectivity index (χ1v) is 8.40. The molecule has 3 aromatic heterocycles. The zero-order valence-electron chi connectivity index (χ0n) is 14.4. The first kappa shape index (κ1) is 15.6.